The first-order valence-corrected chi connectivity index (χ1v) is 9.09. The predicted octanol–water partition coefficient (Wildman–Crippen LogP) is 4.33. The van der Waals surface area contributed by atoms with Crippen molar-refractivity contribution in [2.45, 2.75) is 6.61 Å². The maximum atomic E-state index is 12.9. The molecule has 0 aliphatic carbocycles. The van der Waals surface area contributed by atoms with E-state index in [1.54, 1.807) is 36.4 Å². The van der Waals surface area contributed by atoms with Gasteiger partial charge in [0, 0.05) is 16.7 Å². The minimum atomic E-state index is -0.596. The lowest BCUT2D eigenvalue weighted by atomic mass is 10.2. The van der Waals surface area contributed by atoms with Gasteiger partial charge in [0.25, 0.3) is 0 Å². The first-order chi connectivity index (χ1) is 14.2. The predicted molar refractivity (Wildman–Crippen MR) is 107 cm³/mol. The molecule has 0 fully saturated rings. The van der Waals surface area contributed by atoms with Gasteiger partial charge in [0.05, 0.1) is 6.26 Å². The Morgan fingerprint density at radius 2 is 1.86 bits per heavy atom. The largest absolute Gasteiger partial charge is 0.465 e. The van der Waals surface area contributed by atoms with Crippen molar-refractivity contribution in [3.8, 4) is 11.4 Å². The average Bonchev–Trinajstić information content (AvgIpc) is 3.44. The highest BCUT2D eigenvalue weighted by molar-refractivity contribution is 6.30. The summed E-state index contributed by atoms with van der Waals surface area (Å²) in [5.41, 5.74) is 1.69. The second-order valence-corrected chi connectivity index (χ2v) is 6.46. The molecule has 0 unspecified atom stereocenters. The van der Waals surface area contributed by atoms with Gasteiger partial charge in [-0.25, -0.2) is 4.79 Å². The number of ether oxygens (including phenoxy) is 1. The first-order valence-electron chi connectivity index (χ1n) is 8.71. The van der Waals surface area contributed by atoms with Crippen LogP contribution in [-0.2, 0) is 16.1 Å². The van der Waals surface area contributed by atoms with Crippen molar-refractivity contribution >= 4 is 29.3 Å². The fourth-order valence-corrected chi connectivity index (χ4v) is 2.76. The van der Waals surface area contributed by atoms with Crippen LogP contribution in [0, 0.1) is 0 Å². The zero-order valence-corrected chi connectivity index (χ0v) is 15.9. The van der Waals surface area contributed by atoms with Crippen molar-refractivity contribution in [2.24, 2.45) is 0 Å². The van der Waals surface area contributed by atoms with E-state index in [2.05, 4.69) is 15.5 Å². The van der Waals surface area contributed by atoms with Crippen molar-refractivity contribution < 1.29 is 13.9 Å². The van der Waals surface area contributed by atoms with Crippen molar-refractivity contribution in [3.05, 3.63) is 89.3 Å². The molecule has 0 atom stereocenters. The third kappa shape index (κ3) is 4.41. The molecule has 0 saturated heterocycles. The second kappa shape index (κ2) is 8.53. The van der Waals surface area contributed by atoms with Crippen LogP contribution in [-0.4, -0.2) is 26.2 Å². The van der Waals surface area contributed by atoms with Gasteiger partial charge in [-0.05, 0) is 40.3 Å². The molecule has 4 aromatic rings. The van der Waals surface area contributed by atoms with E-state index in [1.165, 1.54) is 17.0 Å². The number of aromatic nitrogens is 4. The molecule has 29 heavy (non-hydrogen) atoms. The summed E-state index contributed by atoms with van der Waals surface area (Å²) >= 11 is 5.89. The fourth-order valence-electron chi connectivity index (χ4n) is 2.63. The van der Waals surface area contributed by atoms with Crippen LogP contribution in [0.2, 0.25) is 5.02 Å². The van der Waals surface area contributed by atoms with Gasteiger partial charge >= 0.3 is 5.97 Å². The van der Waals surface area contributed by atoms with Gasteiger partial charge in [-0.2, -0.15) is 4.68 Å². The minimum Gasteiger partial charge on any atom is -0.465 e. The molecular weight excluding hydrogens is 392 g/mol. The van der Waals surface area contributed by atoms with Crippen LogP contribution in [0.4, 0.5) is 0 Å². The zero-order valence-electron chi connectivity index (χ0n) is 15.1. The number of halogens is 1. The molecule has 0 bridgehead atoms. The molecule has 2 heterocycles. The van der Waals surface area contributed by atoms with Gasteiger partial charge in [0.15, 0.2) is 11.5 Å². The van der Waals surface area contributed by atoms with Crippen LogP contribution < -0.4 is 0 Å². The van der Waals surface area contributed by atoms with Crippen molar-refractivity contribution in [3.63, 3.8) is 0 Å². The Balaban J connectivity index is 1.65. The van der Waals surface area contributed by atoms with E-state index in [0.29, 0.717) is 16.6 Å². The number of esters is 1. The minimum absolute atomic E-state index is 0.0777. The van der Waals surface area contributed by atoms with Crippen LogP contribution >= 0.6 is 11.6 Å². The number of hydrogen-bond acceptors (Lipinski definition) is 6. The Labute approximate surface area is 171 Å². The summed E-state index contributed by atoms with van der Waals surface area (Å²) in [6.07, 6.45) is 3.05. The van der Waals surface area contributed by atoms with Crippen LogP contribution in [0.25, 0.3) is 23.2 Å². The lowest BCUT2D eigenvalue weighted by Gasteiger charge is -2.10. The summed E-state index contributed by atoms with van der Waals surface area (Å²) in [7, 11) is 0. The van der Waals surface area contributed by atoms with E-state index < -0.39 is 5.97 Å². The summed E-state index contributed by atoms with van der Waals surface area (Å²) in [5.74, 6) is 0.283. The molecule has 0 radical (unpaired) electrons. The molecule has 0 aliphatic heterocycles. The molecule has 7 nitrogen and oxygen atoms in total. The number of carbonyl (C=O) groups excluding carboxylic acids is 1. The van der Waals surface area contributed by atoms with E-state index in [0.717, 1.165) is 11.1 Å². The molecule has 0 saturated carbocycles. The summed E-state index contributed by atoms with van der Waals surface area (Å²) in [6, 6.07) is 19.8. The number of nitrogens with zero attached hydrogens (tertiary/aromatic N) is 4. The van der Waals surface area contributed by atoms with Gasteiger partial charge in [0.2, 0.25) is 0 Å². The first kappa shape index (κ1) is 18.6. The van der Waals surface area contributed by atoms with Crippen LogP contribution in [0.15, 0.2) is 77.4 Å². The van der Waals surface area contributed by atoms with E-state index in [4.69, 9.17) is 20.8 Å². The van der Waals surface area contributed by atoms with Crippen LogP contribution in [0.1, 0.15) is 11.3 Å². The van der Waals surface area contributed by atoms with E-state index in [-0.39, 0.29) is 12.3 Å². The molecule has 0 amide bonds. The van der Waals surface area contributed by atoms with Crippen LogP contribution in [0.5, 0.6) is 0 Å². The molecule has 4 rings (SSSR count). The summed E-state index contributed by atoms with van der Waals surface area (Å²) in [5, 5.41) is 12.4. The Morgan fingerprint density at radius 3 is 2.59 bits per heavy atom. The molecular formula is C21H15ClN4O3. The summed E-state index contributed by atoms with van der Waals surface area (Å²) < 4.78 is 12.2. The van der Waals surface area contributed by atoms with Crippen molar-refractivity contribution in [1.29, 1.82) is 0 Å². The quantitative estimate of drug-likeness (QED) is 0.350. The zero-order chi connectivity index (χ0) is 20.1. The Kier molecular flexibility index (Phi) is 5.49. The van der Waals surface area contributed by atoms with Gasteiger partial charge in [-0.1, -0.05) is 54.1 Å². The smallest absolute Gasteiger partial charge is 0.357 e. The number of hydrogen-bond donors (Lipinski definition) is 0. The fraction of sp³-hybridized carbons (Fsp3) is 0.0476. The third-order valence-electron chi connectivity index (χ3n) is 4.04. The number of furan rings is 1. The van der Waals surface area contributed by atoms with Crippen molar-refractivity contribution in [1.82, 2.24) is 20.2 Å². The number of carbonyl (C=O) groups is 1. The van der Waals surface area contributed by atoms with E-state index in [1.807, 2.05) is 30.3 Å². The highest BCUT2D eigenvalue weighted by atomic mass is 35.5. The highest BCUT2D eigenvalue weighted by Crippen LogP contribution is 2.22. The van der Waals surface area contributed by atoms with Gasteiger partial charge in [0.1, 0.15) is 12.4 Å². The second-order valence-electron chi connectivity index (χ2n) is 6.03. The maximum Gasteiger partial charge on any atom is 0.357 e. The molecule has 0 spiro atoms. The molecule has 2 aromatic heterocycles. The number of benzene rings is 2. The third-order valence-corrected chi connectivity index (χ3v) is 4.30. The Hall–Kier alpha value is -3.71. The lowest BCUT2D eigenvalue weighted by molar-refractivity contribution is -0.138. The SMILES string of the molecule is O=C(OCc1ccc(Cl)cc1)/C(=C/c1ccco1)n1nnnc1-c1ccccc1. The molecule has 0 N–H and O–H groups in total. The van der Waals surface area contributed by atoms with E-state index in [9.17, 15) is 4.79 Å². The topological polar surface area (TPSA) is 83.0 Å². The van der Waals surface area contributed by atoms with Gasteiger partial charge < -0.3 is 9.15 Å². The van der Waals surface area contributed by atoms with Crippen molar-refractivity contribution in [2.75, 3.05) is 0 Å². The number of rotatable bonds is 6. The molecule has 0 aliphatic rings. The van der Waals surface area contributed by atoms with Gasteiger partial charge in [-0.15, -0.1) is 5.10 Å². The highest BCUT2D eigenvalue weighted by Gasteiger charge is 2.21. The summed E-state index contributed by atoms with van der Waals surface area (Å²) in [4.78, 5) is 12.9. The van der Waals surface area contributed by atoms with E-state index >= 15 is 0 Å². The molecule has 2 aromatic carbocycles. The Bertz CT molecular complexity index is 1120. The monoisotopic (exact) mass is 406 g/mol. The summed E-state index contributed by atoms with van der Waals surface area (Å²) in [6.45, 7) is 0.0777. The maximum absolute atomic E-state index is 12.9. The van der Waals surface area contributed by atoms with Gasteiger partial charge in [-0.3, -0.25) is 0 Å². The normalized spacial score (nSPS) is 11.4. The Morgan fingerprint density at radius 1 is 1.07 bits per heavy atom. The number of tetrazole rings is 1. The molecule has 8 heteroatoms. The van der Waals surface area contributed by atoms with Crippen LogP contribution in [0.3, 0.4) is 0 Å². The molecule has 144 valence electrons. The average molecular weight is 407 g/mol. The standard InChI is InChI=1S/C21H15ClN4O3/c22-17-10-8-15(9-11-17)14-29-21(27)19(13-18-7-4-12-28-18)26-20(23-24-25-26)16-5-2-1-3-6-16/h1-13H,14H2/b19-13-. The lowest BCUT2D eigenvalue weighted by Crippen LogP contribution is -2.15.